The SMILES string of the molecule is CCn1nc(C)c(CCC(=O)NC(C)C)c1C. The Balaban J connectivity index is 2.63. The first-order valence-corrected chi connectivity index (χ1v) is 6.28. The molecule has 0 aromatic carbocycles. The summed E-state index contributed by atoms with van der Waals surface area (Å²) in [6.07, 6.45) is 1.31. The van der Waals surface area contributed by atoms with Gasteiger partial charge in [0, 0.05) is 24.7 Å². The maximum Gasteiger partial charge on any atom is 0.220 e. The van der Waals surface area contributed by atoms with Gasteiger partial charge in [0.1, 0.15) is 0 Å². The molecule has 1 amide bonds. The third-order valence-electron chi connectivity index (χ3n) is 2.88. The molecule has 0 unspecified atom stereocenters. The van der Waals surface area contributed by atoms with E-state index in [1.807, 2.05) is 25.5 Å². The molecule has 0 radical (unpaired) electrons. The number of hydrogen-bond acceptors (Lipinski definition) is 2. The van der Waals surface area contributed by atoms with E-state index in [4.69, 9.17) is 0 Å². The molecule has 1 heterocycles. The summed E-state index contributed by atoms with van der Waals surface area (Å²) in [6, 6.07) is 0.211. The fourth-order valence-electron chi connectivity index (χ4n) is 2.04. The number of aromatic nitrogens is 2. The molecule has 17 heavy (non-hydrogen) atoms. The number of amides is 1. The van der Waals surface area contributed by atoms with Gasteiger partial charge in [0.2, 0.25) is 5.91 Å². The number of rotatable bonds is 5. The van der Waals surface area contributed by atoms with Crippen molar-refractivity contribution >= 4 is 5.91 Å². The molecule has 0 atom stereocenters. The molecule has 0 bridgehead atoms. The first-order chi connectivity index (χ1) is 7.95. The fourth-order valence-corrected chi connectivity index (χ4v) is 2.04. The second-order valence-electron chi connectivity index (χ2n) is 4.69. The Morgan fingerprint density at radius 3 is 2.53 bits per heavy atom. The number of hydrogen-bond donors (Lipinski definition) is 1. The molecule has 1 aromatic rings. The second kappa shape index (κ2) is 5.84. The summed E-state index contributed by atoms with van der Waals surface area (Å²) in [5, 5.41) is 7.36. The summed E-state index contributed by atoms with van der Waals surface area (Å²) in [5.74, 6) is 0.114. The van der Waals surface area contributed by atoms with Crippen molar-refractivity contribution in [2.75, 3.05) is 0 Å². The van der Waals surface area contributed by atoms with E-state index in [1.165, 1.54) is 11.3 Å². The van der Waals surface area contributed by atoms with E-state index in [0.717, 1.165) is 18.7 Å². The van der Waals surface area contributed by atoms with Gasteiger partial charge in [-0.15, -0.1) is 0 Å². The van der Waals surface area contributed by atoms with E-state index in [2.05, 4.69) is 24.3 Å². The Morgan fingerprint density at radius 1 is 1.41 bits per heavy atom. The van der Waals surface area contributed by atoms with Crippen molar-refractivity contribution in [1.82, 2.24) is 15.1 Å². The van der Waals surface area contributed by atoms with Gasteiger partial charge < -0.3 is 5.32 Å². The van der Waals surface area contributed by atoms with Gasteiger partial charge in [0.15, 0.2) is 0 Å². The molecule has 0 spiro atoms. The third kappa shape index (κ3) is 3.58. The first-order valence-electron chi connectivity index (χ1n) is 6.28. The van der Waals surface area contributed by atoms with Crippen molar-refractivity contribution in [3.63, 3.8) is 0 Å². The van der Waals surface area contributed by atoms with Crippen molar-refractivity contribution in [1.29, 1.82) is 0 Å². The molecule has 0 aliphatic rings. The van der Waals surface area contributed by atoms with Crippen LogP contribution in [0.3, 0.4) is 0 Å². The van der Waals surface area contributed by atoms with E-state index in [-0.39, 0.29) is 11.9 Å². The summed E-state index contributed by atoms with van der Waals surface area (Å²) in [5.41, 5.74) is 3.44. The van der Waals surface area contributed by atoms with E-state index in [9.17, 15) is 4.79 Å². The van der Waals surface area contributed by atoms with Gasteiger partial charge in [-0.3, -0.25) is 9.48 Å². The van der Waals surface area contributed by atoms with Crippen LogP contribution in [0.25, 0.3) is 0 Å². The molecule has 0 aliphatic carbocycles. The summed E-state index contributed by atoms with van der Waals surface area (Å²) in [4.78, 5) is 11.6. The molecule has 0 saturated carbocycles. The number of nitrogens with one attached hydrogen (secondary N) is 1. The minimum atomic E-state index is 0.114. The van der Waals surface area contributed by atoms with Gasteiger partial charge in [-0.05, 0) is 46.6 Å². The number of carbonyl (C=O) groups excluding carboxylic acids is 1. The lowest BCUT2D eigenvalue weighted by atomic mass is 10.1. The minimum Gasteiger partial charge on any atom is -0.354 e. The zero-order valence-corrected chi connectivity index (χ0v) is 11.5. The van der Waals surface area contributed by atoms with Gasteiger partial charge >= 0.3 is 0 Å². The quantitative estimate of drug-likeness (QED) is 0.851. The molecule has 4 heteroatoms. The molecular weight excluding hydrogens is 214 g/mol. The summed E-state index contributed by atoms with van der Waals surface area (Å²) in [7, 11) is 0. The van der Waals surface area contributed by atoms with Crippen LogP contribution in [0.4, 0.5) is 0 Å². The Bertz CT molecular complexity index is 394. The summed E-state index contributed by atoms with van der Waals surface area (Å²) in [6.45, 7) is 11.0. The highest BCUT2D eigenvalue weighted by molar-refractivity contribution is 5.76. The zero-order valence-electron chi connectivity index (χ0n) is 11.5. The molecule has 1 rings (SSSR count). The van der Waals surface area contributed by atoms with E-state index < -0.39 is 0 Å². The predicted octanol–water partition coefficient (Wildman–Crippen LogP) is 1.98. The lowest BCUT2D eigenvalue weighted by Gasteiger charge is -2.08. The summed E-state index contributed by atoms with van der Waals surface area (Å²) >= 11 is 0. The normalized spacial score (nSPS) is 10.9. The van der Waals surface area contributed by atoms with E-state index >= 15 is 0 Å². The lowest BCUT2D eigenvalue weighted by Crippen LogP contribution is -2.30. The third-order valence-corrected chi connectivity index (χ3v) is 2.88. The minimum absolute atomic E-state index is 0.114. The molecular formula is C13H23N3O. The van der Waals surface area contributed by atoms with E-state index in [1.54, 1.807) is 0 Å². The molecule has 0 aliphatic heterocycles. The Kier molecular flexibility index (Phi) is 4.73. The Hall–Kier alpha value is -1.32. The second-order valence-corrected chi connectivity index (χ2v) is 4.69. The van der Waals surface area contributed by atoms with Crippen molar-refractivity contribution in [2.45, 2.75) is 60.0 Å². The molecule has 4 nitrogen and oxygen atoms in total. The maximum absolute atomic E-state index is 11.6. The Labute approximate surface area is 103 Å². The number of nitrogens with zero attached hydrogens (tertiary/aromatic N) is 2. The van der Waals surface area contributed by atoms with Gasteiger partial charge in [-0.2, -0.15) is 5.10 Å². The predicted molar refractivity (Wildman–Crippen MR) is 69.0 cm³/mol. The van der Waals surface area contributed by atoms with Crippen molar-refractivity contribution in [3.8, 4) is 0 Å². The zero-order chi connectivity index (χ0) is 13.0. The summed E-state index contributed by atoms with van der Waals surface area (Å²) < 4.78 is 1.99. The van der Waals surface area contributed by atoms with Crippen LogP contribution in [-0.2, 0) is 17.8 Å². The van der Waals surface area contributed by atoms with E-state index in [0.29, 0.717) is 6.42 Å². The monoisotopic (exact) mass is 237 g/mol. The molecule has 96 valence electrons. The topological polar surface area (TPSA) is 46.9 Å². The van der Waals surface area contributed by atoms with Crippen LogP contribution in [-0.4, -0.2) is 21.7 Å². The number of carbonyl (C=O) groups is 1. The average molecular weight is 237 g/mol. The van der Waals surface area contributed by atoms with Crippen molar-refractivity contribution < 1.29 is 4.79 Å². The van der Waals surface area contributed by atoms with Crippen LogP contribution in [0.15, 0.2) is 0 Å². The highest BCUT2D eigenvalue weighted by atomic mass is 16.1. The molecule has 1 aromatic heterocycles. The van der Waals surface area contributed by atoms with Gasteiger partial charge in [-0.1, -0.05) is 0 Å². The molecule has 0 fully saturated rings. The standard InChI is InChI=1S/C13H23N3O/c1-6-16-11(5)12(10(4)15-16)7-8-13(17)14-9(2)3/h9H,6-8H2,1-5H3,(H,14,17). The highest BCUT2D eigenvalue weighted by Gasteiger charge is 2.12. The largest absolute Gasteiger partial charge is 0.354 e. The fraction of sp³-hybridized carbons (Fsp3) is 0.692. The van der Waals surface area contributed by atoms with Crippen molar-refractivity contribution in [3.05, 3.63) is 17.0 Å². The van der Waals surface area contributed by atoms with Crippen LogP contribution >= 0.6 is 0 Å². The highest BCUT2D eigenvalue weighted by Crippen LogP contribution is 2.14. The average Bonchev–Trinajstić information content (AvgIpc) is 2.50. The maximum atomic E-state index is 11.6. The molecule has 1 N–H and O–H groups in total. The lowest BCUT2D eigenvalue weighted by molar-refractivity contribution is -0.121. The van der Waals surface area contributed by atoms with Crippen LogP contribution in [0.1, 0.15) is 44.1 Å². The first kappa shape index (κ1) is 13.7. The smallest absolute Gasteiger partial charge is 0.220 e. The van der Waals surface area contributed by atoms with Gasteiger partial charge in [0.25, 0.3) is 0 Å². The van der Waals surface area contributed by atoms with Gasteiger partial charge in [-0.25, -0.2) is 0 Å². The van der Waals surface area contributed by atoms with Gasteiger partial charge in [0.05, 0.1) is 5.69 Å². The van der Waals surface area contributed by atoms with Crippen molar-refractivity contribution in [2.24, 2.45) is 0 Å². The number of aryl methyl sites for hydroxylation is 2. The van der Waals surface area contributed by atoms with Crippen LogP contribution in [0.5, 0.6) is 0 Å². The molecule has 0 saturated heterocycles. The van der Waals surface area contributed by atoms with Crippen LogP contribution in [0, 0.1) is 13.8 Å². The van der Waals surface area contributed by atoms with Crippen LogP contribution in [0.2, 0.25) is 0 Å². The van der Waals surface area contributed by atoms with Crippen LogP contribution < -0.4 is 5.32 Å². The Morgan fingerprint density at radius 2 is 2.06 bits per heavy atom.